The number of aromatic nitrogens is 2. The summed E-state index contributed by atoms with van der Waals surface area (Å²) >= 11 is 2.99. The Labute approximate surface area is 194 Å². The summed E-state index contributed by atoms with van der Waals surface area (Å²) in [6.07, 6.45) is 2.41. The summed E-state index contributed by atoms with van der Waals surface area (Å²) < 4.78 is 12.0. The third-order valence-electron chi connectivity index (χ3n) is 4.89. The molecule has 0 aliphatic carbocycles. The van der Waals surface area contributed by atoms with E-state index in [4.69, 9.17) is 9.47 Å². The van der Waals surface area contributed by atoms with Crippen molar-refractivity contribution in [3.05, 3.63) is 86.8 Å². The summed E-state index contributed by atoms with van der Waals surface area (Å²) in [5.41, 5.74) is 5.56. The van der Waals surface area contributed by atoms with Gasteiger partial charge in [-0.25, -0.2) is 9.97 Å². The van der Waals surface area contributed by atoms with Gasteiger partial charge in [0.2, 0.25) is 0 Å². The van der Waals surface area contributed by atoms with Crippen molar-refractivity contribution >= 4 is 33.7 Å². The lowest BCUT2D eigenvalue weighted by molar-refractivity contribution is 0.102. The molecular weight excluding hydrogens is 442 g/mol. The van der Waals surface area contributed by atoms with Crippen molar-refractivity contribution in [3.63, 3.8) is 0 Å². The maximum absolute atomic E-state index is 12.8. The Morgan fingerprint density at radius 1 is 1.03 bits per heavy atom. The quantitative estimate of drug-likeness (QED) is 0.345. The lowest BCUT2D eigenvalue weighted by atomic mass is 10.1. The van der Waals surface area contributed by atoms with Crippen LogP contribution >= 0.6 is 22.7 Å². The Morgan fingerprint density at radius 3 is 2.56 bits per heavy atom. The molecule has 0 spiro atoms. The lowest BCUT2D eigenvalue weighted by Gasteiger charge is -2.13. The van der Waals surface area contributed by atoms with Gasteiger partial charge in [-0.1, -0.05) is 24.3 Å². The third-order valence-corrected chi connectivity index (χ3v) is 6.58. The fourth-order valence-corrected chi connectivity index (χ4v) is 4.37. The number of nitrogens with zero attached hydrogens (tertiary/aromatic N) is 2. The van der Waals surface area contributed by atoms with Crippen molar-refractivity contribution in [2.75, 3.05) is 11.9 Å². The Bertz CT molecular complexity index is 1190. The molecule has 0 aliphatic rings. The molecule has 0 fully saturated rings. The standard InChI is InChI=1S/C24H23N3O3S2/c1-16-5-3-4-6-18(16)14-30-21-12-19(23(28)27-24-25-8-10-31-24)11-20(13-21)29-9-7-22-17(2)26-15-32-22/h3-6,8,10-13,15H,7,9,14H2,1-2H3,(H,25,27,28). The molecule has 4 rings (SSSR count). The van der Waals surface area contributed by atoms with E-state index in [1.165, 1.54) is 16.2 Å². The molecule has 1 amide bonds. The molecule has 4 aromatic rings. The first-order valence-electron chi connectivity index (χ1n) is 10.1. The zero-order chi connectivity index (χ0) is 22.3. The zero-order valence-electron chi connectivity index (χ0n) is 17.8. The maximum atomic E-state index is 12.8. The Hall–Kier alpha value is -3.23. The summed E-state index contributed by atoms with van der Waals surface area (Å²) in [5.74, 6) is 0.896. The number of benzene rings is 2. The van der Waals surface area contributed by atoms with E-state index in [0.29, 0.717) is 35.4 Å². The predicted molar refractivity (Wildman–Crippen MR) is 128 cm³/mol. The Morgan fingerprint density at radius 2 is 1.84 bits per heavy atom. The molecule has 0 saturated carbocycles. The van der Waals surface area contributed by atoms with Crippen LogP contribution in [0.15, 0.2) is 59.6 Å². The van der Waals surface area contributed by atoms with E-state index in [2.05, 4.69) is 15.3 Å². The monoisotopic (exact) mass is 465 g/mol. The first kappa shape index (κ1) is 22.0. The van der Waals surface area contributed by atoms with Crippen LogP contribution in [0.5, 0.6) is 11.5 Å². The van der Waals surface area contributed by atoms with Gasteiger partial charge < -0.3 is 9.47 Å². The van der Waals surface area contributed by atoms with Crippen LogP contribution in [-0.4, -0.2) is 22.5 Å². The summed E-state index contributed by atoms with van der Waals surface area (Å²) in [7, 11) is 0. The largest absolute Gasteiger partial charge is 0.493 e. The molecule has 2 heterocycles. The minimum absolute atomic E-state index is 0.260. The maximum Gasteiger partial charge on any atom is 0.257 e. The summed E-state index contributed by atoms with van der Waals surface area (Å²) in [6.45, 7) is 4.93. The molecule has 164 valence electrons. The second-order valence-electron chi connectivity index (χ2n) is 7.16. The van der Waals surface area contributed by atoms with E-state index < -0.39 is 0 Å². The normalized spacial score (nSPS) is 10.7. The van der Waals surface area contributed by atoms with E-state index in [9.17, 15) is 4.79 Å². The molecule has 0 radical (unpaired) electrons. The van der Waals surface area contributed by atoms with E-state index in [1.807, 2.05) is 55.1 Å². The molecule has 0 unspecified atom stereocenters. The molecule has 0 saturated heterocycles. The fourth-order valence-electron chi connectivity index (χ4n) is 3.08. The number of anilines is 1. The smallest absolute Gasteiger partial charge is 0.257 e. The van der Waals surface area contributed by atoms with Crippen molar-refractivity contribution in [2.24, 2.45) is 0 Å². The molecule has 0 bridgehead atoms. The number of hydrogen-bond acceptors (Lipinski definition) is 7. The Balaban J connectivity index is 1.50. The van der Waals surface area contributed by atoms with Gasteiger partial charge in [0.1, 0.15) is 18.1 Å². The minimum atomic E-state index is -0.260. The van der Waals surface area contributed by atoms with Crippen molar-refractivity contribution < 1.29 is 14.3 Å². The van der Waals surface area contributed by atoms with Crippen LogP contribution in [-0.2, 0) is 13.0 Å². The number of carbonyl (C=O) groups is 1. The van der Waals surface area contributed by atoms with E-state index in [1.54, 1.807) is 29.7 Å². The number of aryl methyl sites for hydroxylation is 2. The van der Waals surface area contributed by atoms with Gasteiger partial charge in [0.15, 0.2) is 5.13 Å². The third kappa shape index (κ3) is 5.72. The van der Waals surface area contributed by atoms with Crippen LogP contribution in [0.1, 0.15) is 32.1 Å². The molecule has 2 aromatic heterocycles. The Kier molecular flexibility index (Phi) is 7.14. The van der Waals surface area contributed by atoms with Gasteiger partial charge in [-0.2, -0.15) is 0 Å². The molecule has 0 aliphatic heterocycles. The number of rotatable bonds is 9. The second kappa shape index (κ2) is 10.4. The molecule has 0 atom stereocenters. The highest BCUT2D eigenvalue weighted by atomic mass is 32.1. The van der Waals surface area contributed by atoms with E-state index >= 15 is 0 Å². The van der Waals surface area contributed by atoms with Crippen molar-refractivity contribution in [1.29, 1.82) is 0 Å². The average Bonchev–Trinajstić information content (AvgIpc) is 3.45. The number of carbonyl (C=O) groups excluding carboxylic acids is 1. The zero-order valence-corrected chi connectivity index (χ0v) is 19.5. The topological polar surface area (TPSA) is 73.3 Å². The molecule has 6 nitrogen and oxygen atoms in total. The van der Waals surface area contributed by atoms with Crippen molar-refractivity contribution in [2.45, 2.75) is 26.9 Å². The van der Waals surface area contributed by atoms with Crippen LogP contribution in [0, 0.1) is 13.8 Å². The number of amides is 1. The molecule has 32 heavy (non-hydrogen) atoms. The minimum Gasteiger partial charge on any atom is -0.493 e. The highest BCUT2D eigenvalue weighted by Crippen LogP contribution is 2.26. The van der Waals surface area contributed by atoms with Gasteiger partial charge in [-0.15, -0.1) is 22.7 Å². The van der Waals surface area contributed by atoms with Crippen LogP contribution in [0.4, 0.5) is 5.13 Å². The molecular formula is C24H23N3O3S2. The van der Waals surface area contributed by atoms with Crippen molar-refractivity contribution in [1.82, 2.24) is 9.97 Å². The highest BCUT2D eigenvalue weighted by Gasteiger charge is 2.13. The van der Waals surface area contributed by atoms with E-state index in [-0.39, 0.29) is 5.91 Å². The van der Waals surface area contributed by atoms with Crippen LogP contribution < -0.4 is 14.8 Å². The number of ether oxygens (including phenoxy) is 2. The summed E-state index contributed by atoms with van der Waals surface area (Å²) in [6, 6.07) is 13.3. The number of thiazole rings is 2. The van der Waals surface area contributed by atoms with Crippen LogP contribution in [0.3, 0.4) is 0 Å². The van der Waals surface area contributed by atoms with Gasteiger partial charge in [-0.05, 0) is 37.1 Å². The van der Waals surface area contributed by atoms with Crippen LogP contribution in [0.25, 0.3) is 0 Å². The van der Waals surface area contributed by atoms with Gasteiger partial charge in [-0.3, -0.25) is 10.1 Å². The number of nitrogens with one attached hydrogen (secondary N) is 1. The highest BCUT2D eigenvalue weighted by molar-refractivity contribution is 7.13. The van der Waals surface area contributed by atoms with Gasteiger partial charge in [0.25, 0.3) is 5.91 Å². The molecule has 1 N–H and O–H groups in total. The first-order valence-corrected chi connectivity index (χ1v) is 11.9. The predicted octanol–water partition coefficient (Wildman–Crippen LogP) is 5.67. The van der Waals surface area contributed by atoms with Gasteiger partial charge in [0, 0.05) is 34.5 Å². The molecule has 2 aromatic carbocycles. The van der Waals surface area contributed by atoms with E-state index in [0.717, 1.165) is 23.2 Å². The average molecular weight is 466 g/mol. The van der Waals surface area contributed by atoms with Gasteiger partial charge in [0.05, 0.1) is 17.8 Å². The van der Waals surface area contributed by atoms with Crippen LogP contribution in [0.2, 0.25) is 0 Å². The second-order valence-corrected chi connectivity index (χ2v) is 8.99. The summed E-state index contributed by atoms with van der Waals surface area (Å²) in [5, 5.41) is 5.17. The number of hydrogen-bond donors (Lipinski definition) is 1. The first-order chi connectivity index (χ1) is 15.6. The molecule has 8 heteroatoms. The lowest BCUT2D eigenvalue weighted by Crippen LogP contribution is -2.12. The SMILES string of the molecule is Cc1ccccc1COc1cc(OCCc2scnc2C)cc(C(=O)Nc2nccs2)c1. The van der Waals surface area contributed by atoms with Gasteiger partial charge >= 0.3 is 0 Å². The summed E-state index contributed by atoms with van der Waals surface area (Å²) in [4.78, 5) is 22.4. The fraction of sp³-hybridized carbons (Fsp3) is 0.208. The van der Waals surface area contributed by atoms with Crippen molar-refractivity contribution in [3.8, 4) is 11.5 Å².